The van der Waals surface area contributed by atoms with Gasteiger partial charge in [0.05, 0.1) is 16.9 Å². The van der Waals surface area contributed by atoms with Gasteiger partial charge in [-0.3, -0.25) is 0 Å². The Kier molecular flexibility index (Phi) is 4.15. The van der Waals surface area contributed by atoms with Crippen LogP contribution in [0.3, 0.4) is 0 Å². The van der Waals surface area contributed by atoms with Gasteiger partial charge in [-0.1, -0.05) is 29.8 Å². The summed E-state index contributed by atoms with van der Waals surface area (Å²) >= 11 is 5.85. The molecule has 0 fully saturated rings. The number of hydrogen-bond donors (Lipinski definition) is 3. The fourth-order valence-corrected chi connectivity index (χ4v) is 2.09. The third kappa shape index (κ3) is 3.03. The van der Waals surface area contributed by atoms with Crippen molar-refractivity contribution >= 4 is 28.9 Å². The molecule has 0 aromatic heterocycles. The van der Waals surface area contributed by atoms with Crippen LogP contribution < -0.4 is 11.1 Å². The van der Waals surface area contributed by atoms with Crippen molar-refractivity contribution in [3.05, 3.63) is 58.6 Å². The van der Waals surface area contributed by atoms with Gasteiger partial charge in [-0.2, -0.15) is 0 Å². The van der Waals surface area contributed by atoms with Gasteiger partial charge in [0.25, 0.3) is 0 Å². The van der Waals surface area contributed by atoms with Crippen LogP contribution >= 0.6 is 11.6 Å². The molecule has 4 N–H and O–H groups in total. The molecule has 1 unspecified atom stereocenters. The third-order valence-corrected chi connectivity index (χ3v) is 3.31. The second-order valence-corrected chi connectivity index (χ2v) is 4.93. The minimum atomic E-state index is -1.01. The first-order valence-corrected chi connectivity index (χ1v) is 6.50. The lowest BCUT2D eigenvalue weighted by atomic mass is 10.1. The molecular weight excluding hydrogens is 276 g/mol. The SMILES string of the molecule is CC(Nc1c(N)cccc1C(=O)O)c1ccc(Cl)cc1. The van der Waals surface area contributed by atoms with Crippen molar-refractivity contribution in [2.24, 2.45) is 0 Å². The monoisotopic (exact) mass is 290 g/mol. The summed E-state index contributed by atoms with van der Waals surface area (Å²) in [5.41, 5.74) is 7.86. The fraction of sp³-hybridized carbons (Fsp3) is 0.133. The Bertz CT molecular complexity index is 626. The molecule has 0 aliphatic carbocycles. The number of benzene rings is 2. The topological polar surface area (TPSA) is 75.3 Å². The molecule has 5 heteroatoms. The zero-order valence-electron chi connectivity index (χ0n) is 10.9. The number of carbonyl (C=O) groups is 1. The Morgan fingerprint density at radius 1 is 1.25 bits per heavy atom. The van der Waals surface area contributed by atoms with Gasteiger partial charge in [-0.15, -0.1) is 0 Å². The van der Waals surface area contributed by atoms with Crippen molar-refractivity contribution in [3.63, 3.8) is 0 Å². The van der Waals surface area contributed by atoms with E-state index < -0.39 is 5.97 Å². The van der Waals surface area contributed by atoms with E-state index in [1.54, 1.807) is 24.3 Å². The maximum absolute atomic E-state index is 11.2. The molecule has 0 spiro atoms. The maximum Gasteiger partial charge on any atom is 0.337 e. The standard InChI is InChI=1S/C15H15ClN2O2/c1-9(10-5-7-11(16)8-6-10)18-14-12(15(19)20)3-2-4-13(14)17/h2-9,18H,17H2,1H3,(H,19,20). The van der Waals surface area contributed by atoms with Gasteiger partial charge >= 0.3 is 5.97 Å². The summed E-state index contributed by atoms with van der Waals surface area (Å²) in [6.07, 6.45) is 0. The van der Waals surface area contributed by atoms with Crippen LogP contribution in [0.25, 0.3) is 0 Å². The van der Waals surface area contributed by atoms with Gasteiger partial charge in [-0.25, -0.2) is 4.79 Å². The number of para-hydroxylation sites is 1. The number of nitrogens with one attached hydrogen (secondary N) is 1. The summed E-state index contributed by atoms with van der Waals surface area (Å²) in [5, 5.41) is 13.0. The van der Waals surface area contributed by atoms with E-state index in [4.69, 9.17) is 17.3 Å². The van der Waals surface area contributed by atoms with Crippen molar-refractivity contribution in [2.45, 2.75) is 13.0 Å². The number of anilines is 2. The average Bonchev–Trinajstić information content (AvgIpc) is 2.41. The first-order chi connectivity index (χ1) is 9.49. The lowest BCUT2D eigenvalue weighted by molar-refractivity contribution is 0.0698. The molecule has 4 nitrogen and oxygen atoms in total. The quantitative estimate of drug-likeness (QED) is 0.749. The van der Waals surface area contributed by atoms with Crippen LogP contribution in [0.5, 0.6) is 0 Å². The van der Waals surface area contributed by atoms with Gasteiger partial charge in [0.15, 0.2) is 0 Å². The summed E-state index contributed by atoms with van der Waals surface area (Å²) in [6.45, 7) is 1.93. The molecule has 1 atom stereocenters. The fourth-order valence-electron chi connectivity index (χ4n) is 1.96. The number of carboxylic acid groups (broad SMARTS) is 1. The lowest BCUT2D eigenvalue weighted by Crippen LogP contribution is -2.12. The van der Waals surface area contributed by atoms with Crippen LogP contribution in [0.15, 0.2) is 42.5 Å². The zero-order chi connectivity index (χ0) is 14.7. The van der Waals surface area contributed by atoms with Gasteiger partial charge in [-0.05, 0) is 36.8 Å². The maximum atomic E-state index is 11.2. The number of carboxylic acids is 1. The van der Waals surface area contributed by atoms with E-state index in [0.29, 0.717) is 16.4 Å². The molecule has 0 amide bonds. The second-order valence-electron chi connectivity index (χ2n) is 4.49. The van der Waals surface area contributed by atoms with Crippen molar-refractivity contribution in [1.82, 2.24) is 0 Å². The van der Waals surface area contributed by atoms with Crippen LogP contribution in [0.4, 0.5) is 11.4 Å². The molecule has 2 aromatic carbocycles. The van der Waals surface area contributed by atoms with E-state index >= 15 is 0 Å². The smallest absolute Gasteiger partial charge is 0.337 e. The molecule has 0 radical (unpaired) electrons. The van der Waals surface area contributed by atoms with Crippen LogP contribution in [-0.2, 0) is 0 Å². The molecule has 20 heavy (non-hydrogen) atoms. The van der Waals surface area contributed by atoms with E-state index in [1.165, 1.54) is 6.07 Å². The molecule has 0 aliphatic heterocycles. The van der Waals surface area contributed by atoms with Gasteiger partial charge < -0.3 is 16.2 Å². The first-order valence-electron chi connectivity index (χ1n) is 6.13. The molecule has 0 heterocycles. The Hall–Kier alpha value is -2.20. The Labute approximate surface area is 122 Å². The minimum absolute atomic E-state index is 0.0879. The highest BCUT2D eigenvalue weighted by atomic mass is 35.5. The number of hydrogen-bond acceptors (Lipinski definition) is 3. The predicted molar refractivity (Wildman–Crippen MR) is 81.3 cm³/mol. The van der Waals surface area contributed by atoms with Crippen molar-refractivity contribution in [3.8, 4) is 0 Å². The highest BCUT2D eigenvalue weighted by Crippen LogP contribution is 2.28. The third-order valence-electron chi connectivity index (χ3n) is 3.06. The normalized spacial score (nSPS) is 11.9. The molecule has 0 bridgehead atoms. The average molecular weight is 291 g/mol. The van der Waals surface area contributed by atoms with Gasteiger partial charge in [0, 0.05) is 11.1 Å². The van der Waals surface area contributed by atoms with Crippen molar-refractivity contribution in [2.75, 3.05) is 11.1 Å². The molecule has 2 aromatic rings. The Morgan fingerprint density at radius 3 is 2.50 bits per heavy atom. The van der Waals surface area contributed by atoms with Crippen LogP contribution in [0, 0.1) is 0 Å². The largest absolute Gasteiger partial charge is 0.478 e. The molecule has 0 saturated heterocycles. The minimum Gasteiger partial charge on any atom is -0.478 e. The Balaban J connectivity index is 2.30. The molecule has 104 valence electrons. The summed E-state index contributed by atoms with van der Waals surface area (Å²) < 4.78 is 0. The predicted octanol–water partition coefficient (Wildman–Crippen LogP) is 3.79. The molecule has 2 rings (SSSR count). The first kappa shape index (κ1) is 14.2. The Morgan fingerprint density at radius 2 is 1.90 bits per heavy atom. The summed E-state index contributed by atoms with van der Waals surface area (Å²) in [4.78, 5) is 11.2. The second kappa shape index (κ2) is 5.84. The molecular formula is C15H15ClN2O2. The number of aromatic carboxylic acids is 1. The van der Waals surface area contributed by atoms with Crippen LogP contribution in [0.2, 0.25) is 5.02 Å². The molecule has 0 saturated carbocycles. The van der Waals surface area contributed by atoms with Crippen molar-refractivity contribution < 1.29 is 9.90 Å². The summed E-state index contributed by atoms with van der Waals surface area (Å²) in [6, 6.07) is 12.1. The van der Waals surface area contributed by atoms with E-state index in [9.17, 15) is 9.90 Å². The lowest BCUT2D eigenvalue weighted by Gasteiger charge is -2.19. The van der Waals surface area contributed by atoms with E-state index in [1.807, 2.05) is 19.1 Å². The number of rotatable bonds is 4. The van der Waals surface area contributed by atoms with Crippen molar-refractivity contribution in [1.29, 1.82) is 0 Å². The molecule has 0 aliphatic rings. The zero-order valence-corrected chi connectivity index (χ0v) is 11.7. The van der Waals surface area contributed by atoms with E-state index in [-0.39, 0.29) is 11.6 Å². The summed E-state index contributed by atoms with van der Waals surface area (Å²) in [5.74, 6) is -1.01. The number of nitrogens with two attached hydrogens (primary N) is 1. The van der Waals surface area contributed by atoms with Crippen LogP contribution in [-0.4, -0.2) is 11.1 Å². The van der Waals surface area contributed by atoms with E-state index in [0.717, 1.165) is 5.56 Å². The highest BCUT2D eigenvalue weighted by Gasteiger charge is 2.15. The number of halogens is 1. The highest BCUT2D eigenvalue weighted by molar-refractivity contribution is 6.30. The summed E-state index contributed by atoms with van der Waals surface area (Å²) in [7, 11) is 0. The number of nitrogen functional groups attached to an aromatic ring is 1. The van der Waals surface area contributed by atoms with E-state index in [2.05, 4.69) is 5.32 Å². The van der Waals surface area contributed by atoms with Crippen LogP contribution in [0.1, 0.15) is 28.9 Å². The van der Waals surface area contributed by atoms with Gasteiger partial charge in [0.1, 0.15) is 0 Å². The van der Waals surface area contributed by atoms with Gasteiger partial charge in [0.2, 0.25) is 0 Å².